The van der Waals surface area contributed by atoms with Crippen molar-refractivity contribution < 1.29 is 14.4 Å². The second-order valence-electron chi connectivity index (χ2n) is 6.56. The van der Waals surface area contributed by atoms with Gasteiger partial charge in [0.2, 0.25) is 5.91 Å². The third kappa shape index (κ3) is 3.50. The Morgan fingerprint density at radius 2 is 1.50 bits per heavy atom. The molecule has 2 heterocycles. The van der Waals surface area contributed by atoms with Crippen LogP contribution in [-0.4, -0.2) is 47.2 Å². The van der Waals surface area contributed by atoms with E-state index in [1.165, 1.54) is 11.3 Å². The van der Waals surface area contributed by atoms with Crippen molar-refractivity contribution in [2.45, 2.75) is 44.9 Å². The van der Waals surface area contributed by atoms with Crippen molar-refractivity contribution in [1.29, 1.82) is 0 Å². The van der Waals surface area contributed by atoms with E-state index >= 15 is 0 Å². The average molecular weight is 328 g/mol. The largest absolute Gasteiger partial charge is 0.343 e. The average Bonchev–Trinajstić information content (AvgIpc) is 2.87. The van der Waals surface area contributed by atoms with Gasteiger partial charge in [-0.2, -0.15) is 0 Å². The summed E-state index contributed by atoms with van der Waals surface area (Å²) in [7, 11) is 0. The van der Waals surface area contributed by atoms with Crippen molar-refractivity contribution in [3.63, 3.8) is 0 Å². The van der Waals surface area contributed by atoms with E-state index in [1.807, 2.05) is 4.90 Å². The fourth-order valence-electron chi connectivity index (χ4n) is 3.47. The molecule has 0 aromatic heterocycles. The quantitative estimate of drug-likeness (QED) is 0.596. The molecule has 0 spiro atoms. The smallest absolute Gasteiger partial charge is 0.261 e. The second-order valence-corrected chi connectivity index (χ2v) is 6.56. The summed E-state index contributed by atoms with van der Waals surface area (Å²) in [5.41, 5.74) is 1.01. The van der Waals surface area contributed by atoms with Crippen LogP contribution < -0.4 is 0 Å². The molecule has 2 aliphatic rings. The molecule has 128 valence electrons. The summed E-state index contributed by atoms with van der Waals surface area (Å²) >= 11 is 0. The second kappa shape index (κ2) is 7.60. The van der Waals surface area contributed by atoms with Crippen LogP contribution in [0.5, 0.6) is 0 Å². The Kier molecular flexibility index (Phi) is 5.28. The standard InChI is InChI=1S/C19H24N2O3/c22-17(20-12-6-2-7-13-20)11-3-1-8-14-21-18(23)15-9-4-5-10-16(15)19(21)24/h4-5,9-10H,1-3,6-8,11-14H2. The number of hydrogen-bond acceptors (Lipinski definition) is 3. The van der Waals surface area contributed by atoms with Gasteiger partial charge in [0.1, 0.15) is 0 Å². The van der Waals surface area contributed by atoms with Crippen LogP contribution >= 0.6 is 0 Å². The van der Waals surface area contributed by atoms with Crippen LogP contribution in [0.4, 0.5) is 0 Å². The number of piperidine rings is 1. The number of carbonyl (C=O) groups excluding carboxylic acids is 3. The van der Waals surface area contributed by atoms with Gasteiger partial charge in [-0.1, -0.05) is 18.6 Å². The molecule has 0 atom stereocenters. The van der Waals surface area contributed by atoms with Crippen molar-refractivity contribution in [3.8, 4) is 0 Å². The lowest BCUT2D eigenvalue weighted by Gasteiger charge is -2.26. The van der Waals surface area contributed by atoms with Crippen LogP contribution in [-0.2, 0) is 4.79 Å². The van der Waals surface area contributed by atoms with Gasteiger partial charge in [0.15, 0.2) is 0 Å². The molecule has 5 nitrogen and oxygen atoms in total. The zero-order valence-corrected chi connectivity index (χ0v) is 14.0. The van der Waals surface area contributed by atoms with Gasteiger partial charge < -0.3 is 4.90 Å². The van der Waals surface area contributed by atoms with Crippen LogP contribution in [0.3, 0.4) is 0 Å². The fraction of sp³-hybridized carbons (Fsp3) is 0.526. The van der Waals surface area contributed by atoms with E-state index in [1.54, 1.807) is 24.3 Å². The Hall–Kier alpha value is -2.17. The van der Waals surface area contributed by atoms with Gasteiger partial charge in [0, 0.05) is 26.1 Å². The van der Waals surface area contributed by atoms with Crippen molar-refractivity contribution >= 4 is 17.7 Å². The molecule has 0 bridgehead atoms. The molecule has 3 rings (SSSR count). The number of fused-ring (bicyclic) bond motifs is 1. The van der Waals surface area contributed by atoms with Crippen molar-refractivity contribution in [2.24, 2.45) is 0 Å². The third-order valence-corrected chi connectivity index (χ3v) is 4.86. The van der Waals surface area contributed by atoms with Crippen molar-refractivity contribution in [2.75, 3.05) is 19.6 Å². The number of nitrogens with zero attached hydrogens (tertiary/aromatic N) is 2. The van der Waals surface area contributed by atoms with Crippen molar-refractivity contribution in [1.82, 2.24) is 9.80 Å². The molecule has 3 amide bonds. The molecule has 1 fully saturated rings. The Bertz CT molecular complexity index is 600. The highest BCUT2D eigenvalue weighted by atomic mass is 16.2. The molecule has 24 heavy (non-hydrogen) atoms. The molecule has 0 radical (unpaired) electrons. The van der Waals surface area contributed by atoms with Crippen LogP contribution in [0.25, 0.3) is 0 Å². The summed E-state index contributed by atoms with van der Waals surface area (Å²) in [6.07, 6.45) is 6.45. The predicted molar refractivity (Wildman–Crippen MR) is 90.7 cm³/mol. The molecule has 1 aromatic rings. The Balaban J connectivity index is 1.39. The van der Waals surface area contributed by atoms with Gasteiger partial charge in [-0.15, -0.1) is 0 Å². The Morgan fingerprint density at radius 1 is 0.875 bits per heavy atom. The molecule has 0 N–H and O–H groups in total. The van der Waals surface area contributed by atoms with Gasteiger partial charge in [0.25, 0.3) is 11.8 Å². The van der Waals surface area contributed by atoms with E-state index < -0.39 is 0 Å². The fourth-order valence-corrected chi connectivity index (χ4v) is 3.47. The minimum Gasteiger partial charge on any atom is -0.343 e. The first-order chi connectivity index (χ1) is 11.7. The van der Waals surface area contributed by atoms with E-state index in [9.17, 15) is 14.4 Å². The lowest BCUT2D eigenvalue weighted by Crippen LogP contribution is -2.35. The summed E-state index contributed by atoms with van der Waals surface area (Å²) in [4.78, 5) is 39.8. The number of carbonyl (C=O) groups is 3. The molecular weight excluding hydrogens is 304 g/mol. The van der Waals surface area contributed by atoms with Crippen LogP contribution in [0.1, 0.15) is 65.7 Å². The van der Waals surface area contributed by atoms with E-state index in [0.717, 1.165) is 45.2 Å². The lowest BCUT2D eigenvalue weighted by molar-refractivity contribution is -0.132. The number of likely N-dealkylation sites (tertiary alicyclic amines) is 1. The summed E-state index contributed by atoms with van der Waals surface area (Å²) in [6.45, 7) is 2.23. The van der Waals surface area contributed by atoms with Crippen LogP contribution in [0, 0.1) is 0 Å². The summed E-state index contributed by atoms with van der Waals surface area (Å²) in [5.74, 6) is -0.143. The number of unbranched alkanes of at least 4 members (excludes halogenated alkanes) is 2. The maximum Gasteiger partial charge on any atom is 0.261 e. The highest BCUT2D eigenvalue weighted by molar-refractivity contribution is 6.21. The zero-order chi connectivity index (χ0) is 16.9. The monoisotopic (exact) mass is 328 g/mol. The van der Waals surface area contributed by atoms with Gasteiger partial charge in [-0.25, -0.2) is 0 Å². The van der Waals surface area contributed by atoms with Crippen LogP contribution in [0.2, 0.25) is 0 Å². The summed E-state index contributed by atoms with van der Waals surface area (Å²) in [6, 6.07) is 6.96. The van der Waals surface area contributed by atoms with Gasteiger partial charge in [-0.05, 0) is 44.2 Å². The number of hydrogen-bond donors (Lipinski definition) is 0. The number of benzene rings is 1. The van der Waals surface area contributed by atoms with Gasteiger partial charge >= 0.3 is 0 Å². The molecule has 0 unspecified atom stereocenters. The summed E-state index contributed by atoms with van der Waals surface area (Å²) in [5, 5.41) is 0. The topological polar surface area (TPSA) is 57.7 Å². The highest BCUT2D eigenvalue weighted by Gasteiger charge is 2.34. The normalized spacial score (nSPS) is 17.3. The summed E-state index contributed by atoms with van der Waals surface area (Å²) < 4.78 is 0. The van der Waals surface area contributed by atoms with Crippen LogP contribution in [0.15, 0.2) is 24.3 Å². The molecule has 5 heteroatoms. The number of rotatable bonds is 6. The maximum absolute atomic E-state index is 12.2. The maximum atomic E-state index is 12.2. The molecule has 1 saturated heterocycles. The number of amides is 3. The van der Waals surface area contributed by atoms with E-state index in [-0.39, 0.29) is 17.7 Å². The third-order valence-electron chi connectivity index (χ3n) is 4.86. The minimum absolute atomic E-state index is 0.194. The zero-order valence-electron chi connectivity index (χ0n) is 14.0. The first kappa shape index (κ1) is 16.7. The van der Waals surface area contributed by atoms with Gasteiger partial charge in [-0.3, -0.25) is 19.3 Å². The van der Waals surface area contributed by atoms with Crippen molar-refractivity contribution in [3.05, 3.63) is 35.4 Å². The molecule has 1 aromatic carbocycles. The number of imide groups is 1. The first-order valence-electron chi connectivity index (χ1n) is 8.91. The molecule has 0 aliphatic carbocycles. The van der Waals surface area contributed by atoms with E-state index in [2.05, 4.69) is 0 Å². The Morgan fingerprint density at radius 3 is 2.12 bits per heavy atom. The molecule has 2 aliphatic heterocycles. The first-order valence-corrected chi connectivity index (χ1v) is 8.91. The molecular formula is C19H24N2O3. The SMILES string of the molecule is O=C(CCCCCN1C(=O)c2ccccc2C1=O)N1CCCCC1. The molecule has 0 saturated carbocycles. The van der Waals surface area contributed by atoms with Gasteiger partial charge in [0.05, 0.1) is 11.1 Å². The van der Waals surface area contributed by atoms with E-state index in [4.69, 9.17) is 0 Å². The van der Waals surface area contributed by atoms with E-state index in [0.29, 0.717) is 24.1 Å². The lowest BCUT2D eigenvalue weighted by atomic mass is 10.1. The Labute approximate surface area is 142 Å². The minimum atomic E-state index is -0.194. The predicted octanol–water partition coefficient (Wildman–Crippen LogP) is 2.86. The highest BCUT2D eigenvalue weighted by Crippen LogP contribution is 2.23.